The summed E-state index contributed by atoms with van der Waals surface area (Å²) in [6, 6.07) is 7.59. The molecule has 2 N–H and O–H groups in total. The van der Waals surface area contributed by atoms with Crippen molar-refractivity contribution in [2.24, 2.45) is 5.92 Å². The summed E-state index contributed by atoms with van der Waals surface area (Å²) in [5.41, 5.74) is 1.97. The van der Waals surface area contributed by atoms with Crippen molar-refractivity contribution in [3.05, 3.63) is 40.8 Å². The molecule has 0 heterocycles. The van der Waals surface area contributed by atoms with Crippen molar-refractivity contribution < 1.29 is 13.5 Å². The minimum Gasteiger partial charge on any atom is -0.393 e. The molecule has 1 atom stereocenters. The van der Waals surface area contributed by atoms with E-state index < -0.39 is 16.1 Å². The van der Waals surface area contributed by atoms with Crippen molar-refractivity contribution in [3.8, 4) is 0 Å². The van der Waals surface area contributed by atoms with Crippen molar-refractivity contribution in [2.45, 2.75) is 33.3 Å². The first-order valence-electron chi connectivity index (χ1n) is 6.72. The molecule has 20 heavy (non-hydrogen) atoms. The molecular weight excluding hydrogens is 274 g/mol. The van der Waals surface area contributed by atoms with Gasteiger partial charge in [-0.25, -0.2) is 13.1 Å². The van der Waals surface area contributed by atoms with Gasteiger partial charge in [-0.15, -0.1) is 0 Å². The number of aliphatic hydroxyl groups is 1. The van der Waals surface area contributed by atoms with Crippen LogP contribution in [-0.4, -0.2) is 26.2 Å². The van der Waals surface area contributed by atoms with E-state index in [9.17, 15) is 13.5 Å². The highest BCUT2D eigenvalue weighted by Gasteiger charge is 2.10. The number of rotatable bonds is 7. The van der Waals surface area contributed by atoms with Crippen LogP contribution in [-0.2, 0) is 10.0 Å². The lowest BCUT2D eigenvalue weighted by Gasteiger charge is -2.13. The molecule has 0 saturated heterocycles. The Hall–Kier alpha value is -1.17. The lowest BCUT2D eigenvalue weighted by Crippen LogP contribution is -2.27. The summed E-state index contributed by atoms with van der Waals surface area (Å²) in [7, 11) is -3.45. The van der Waals surface area contributed by atoms with Crippen LogP contribution in [0.5, 0.6) is 0 Å². The fraction of sp³-hybridized carbons (Fsp3) is 0.467. The predicted molar refractivity (Wildman–Crippen MR) is 82.6 cm³/mol. The zero-order valence-electron chi connectivity index (χ0n) is 12.2. The van der Waals surface area contributed by atoms with Gasteiger partial charge in [0.05, 0.1) is 6.10 Å². The lowest BCUT2D eigenvalue weighted by molar-refractivity contribution is 0.118. The first-order valence-corrected chi connectivity index (χ1v) is 8.27. The lowest BCUT2D eigenvalue weighted by atomic mass is 10.1. The Morgan fingerprint density at radius 2 is 1.85 bits per heavy atom. The number of aryl methyl sites for hydroxylation is 1. The number of hydrogen-bond acceptors (Lipinski definition) is 3. The molecule has 0 aliphatic heterocycles. The van der Waals surface area contributed by atoms with Gasteiger partial charge in [0.15, 0.2) is 0 Å². The summed E-state index contributed by atoms with van der Waals surface area (Å²) < 4.78 is 25.9. The number of sulfonamides is 1. The van der Waals surface area contributed by atoms with Crippen molar-refractivity contribution in [3.63, 3.8) is 0 Å². The zero-order valence-corrected chi connectivity index (χ0v) is 13.0. The van der Waals surface area contributed by atoms with Crippen LogP contribution in [0.2, 0.25) is 0 Å². The van der Waals surface area contributed by atoms with E-state index in [1.54, 1.807) is 6.08 Å². The summed E-state index contributed by atoms with van der Waals surface area (Å²) >= 11 is 0. The molecule has 0 aromatic heterocycles. The van der Waals surface area contributed by atoms with E-state index in [1.807, 2.05) is 45.0 Å². The van der Waals surface area contributed by atoms with Gasteiger partial charge in [0.25, 0.3) is 0 Å². The second kappa shape index (κ2) is 7.57. The van der Waals surface area contributed by atoms with Gasteiger partial charge in [0.2, 0.25) is 10.0 Å². The molecule has 5 heteroatoms. The molecule has 0 fully saturated rings. The molecule has 0 saturated carbocycles. The van der Waals surface area contributed by atoms with E-state index in [2.05, 4.69) is 4.72 Å². The second-order valence-corrected chi connectivity index (χ2v) is 6.90. The van der Waals surface area contributed by atoms with Crippen LogP contribution in [0.25, 0.3) is 6.08 Å². The second-order valence-electron chi connectivity index (χ2n) is 5.25. The molecule has 0 amide bonds. The predicted octanol–water partition coefficient (Wildman–Crippen LogP) is 2.29. The van der Waals surface area contributed by atoms with Crippen LogP contribution < -0.4 is 4.72 Å². The van der Waals surface area contributed by atoms with Gasteiger partial charge in [-0.05, 0) is 30.9 Å². The fourth-order valence-corrected chi connectivity index (χ4v) is 2.41. The van der Waals surface area contributed by atoms with Crippen LogP contribution in [0.15, 0.2) is 29.7 Å². The summed E-state index contributed by atoms with van der Waals surface area (Å²) in [5, 5.41) is 10.8. The Kier molecular flexibility index (Phi) is 6.39. The maximum Gasteiger partial charge on any atom is 0.233 e. The summed E-state index contributed by atoms with van der Waals surface area (Å²) in [6.07, 6.45) is 1.48. The highest BCUT2D eigenvalue weighted by Crippen LogP contribution is 2.07. The highest BCUT2D eigenvalue weighted by molar-refractivity contribution is 7.92. The smallest absolute Gasteiger partial charge is 0.233 e. The van der Waals surface area contributed by atoms with Crippen molar-refractivity contribution in [1.29, 1.82) is 0 Å². The zero-order chi connectivity index (χ0) is 15.2. The third kappa shape index (κ3) is 6.32. The number of aliphatic hydroxyl groups excluding tert-OH is 1. The summed E-state index contributed by atoms with van der Waals surface area (Å²) in [5.74, 6) is 0.127. The fourth-order valence-electron chi connectivity index (χ4n) is 1.58. The Morgan fingerprint density at radius 1 is 1.25 bits per heavy atom. The molecule has 1 aromatic carbocycles. The topological polar surface area (TPSA) is 66.4 Å². The molecule has 0 aliphatic carbocycles. The van der Waals surface area contributed by atoms with E-state index in [-0.39, 0.29) is 12.5 Å². The van der Waals surface area contributed by atoms with Gasteiger partial charge in [0, 0.05) is 12.0 Å². The molecule has 1 rings (SSSR count). The normalized spacial score (nSPS) is 14.1. The third-order valence-electron chi connectivity index (χ3n) is 3.03. The summed E-state index contributed by atoms with van der Waals surface area (Å²) in [4.78, 5) is 0. The first kappa shape index (κ1) is 16.9. The third-order valence-corrected chi connectivity index (χ3v) is 4.13. The van der Waals surface area contributed by atoms with Crippen molar-refractivity contribution >= 4 is 16.1 Å². The Balaban J connectivity index is 2.51. The maximum absolute atomic E-state index is 11.7. The van der Waals surface area contributed by atoms with Crippen molar-refractivity contribution in [1.82, 2.24) is 4.72 Å². The SMILES string of the molecule is Cc1ccc(/C=C/S(=O)(=O)NCCC(O)C(C)C)cc1. The summed E-state index contributed by atoms with van der Waals surface area (Å²) in [6.45, 7) is 6.01. The van der Waals surface area contributed by atoms with E-state index in [0.29, 0.717) is 6.42 Å². The van der Waals surface area contributed by atoms with E-state index in [1.165, 1.54) is 0 Å². The number of hydrogen-bond donors (Lipinski definition) is 2. The molecule has 0 spiro atoms. The molecule has 1 aromatic rings. The molecule has 0 radical (unpaired) electrons. The van der Waals surface area contributed by atoms with Gasteiger partial charge in [-0.3, -0.25) is 0 Å². The van der Waals surface area contributed by atoms with Gasteiger partial charge in [0.1, 0.15) is 0 Å². The van der Waals surface area contributed by atoms with Crippen molar-refractivity contribution in [2.75, 3.05) is 6.54 Å². The minimum absolute atomic E-state index is 0.127. The number of benzene rings is 1. The van der Waals surface area contributed by atoms with E-state index in [4.69, 9.17) is 0 Å². The monoisotopic (exact) mass is 297 g/mol. The number of nitrogens with one attached hydrogen (secondary N) is 1. The Labute approximate surface area is 121 Å². The van der Waals surface area contributed by atoms with Gasteiger partial charge in [-0.2, -0.15) is 0 Å². The molecule has 112 valence electrons. The van der Waals surface area contributed by atoms with E-state index in [0.717, 1.165) is 16.5 Å². The average molecular weight is 297 g/mol. The van der Waals surface area contributed by atoms with Crippen LogP contribution in [0, 0.1) is 12.8 Å². The molecule has 1 unspecified atom stereocenters. The molecule has 4 nitrogen and oxygen atoms in total. The van der Waals surface area contributed by atoms with E-state index >= 15 is 0 Å². The van der Waals surface area contributed by atoms with Gasteiger partial charge in [-0.1, -0.05) is 43.7 Å². The Bertz CT molecular complexity index is 533. The Morgan fingerprint density at radius 3 is 2.40 bits per heavy atom. The molecular formula is C15H23NO3S. The molecule has 0 aliphatic rings. The van der Waals surface area contributed by atoms with Crippen LogP contribution in [0.1, 0.15) is 31.4 Å². The van der Waals surface area contributed by atoms with Gasteiger partial charge >= 0.3 is 0 Å². The van der Waals surface area contributed by atoms with Crippen LogP contribution in [0.4, 0.5) is 0 Å². The largest absolute Gasteiger partial charge is 0.393 e. The van der Waals surface area contributed by atoms with Crippen LogP contribution in [0.3, 0.4) is 0 Å². The maximum atomic E-state index is 11.7. The quantitative estimate of drug-likeness (QED) is 0.811. The highest BCUT2D eigenvalue weighted by atomic mass is 32.2. The average Bonchev–Trinajstić information content (AvgIpc) is 2.37. The first-order chi connectivity index (χ1) is 9.30. The standard InChI is InChI=1S/C15H23NO3S/c1-12(2)15(17)8-10-16-20(18,19)11-9-14-6-4-13(3)5-7-14/h4-7,9,11-12,15-17H,8,10H2,1-3H3/b11-9+. The van der Waals surface area contributed by atoms with Crippen LogP contribution >= 0.6 is 0 Å². The minimum atomic E-state index is -3.45. The van der Waals surface area contributed by atoms with Gasteiger partial charge < -0.3 is 5.11 Å². The molecule has 0 bridgehead atoms.